The number of nitrogens with two attached hydrogens (primary N) is 2. The highest BCUT2D eigenvalue weighted by molar-refractivity contribution is 4.84. The van der Waals surface area contributed by atoms with Gasteiger partial charge in [0.05, 0.1) is 24.5 Å². The monoisotopic (exact) mass is 847 g/mol. The highest BCUT2D eigenvalue weighted by Crippen LogP contribution is 2.22. The molecule has 0 saturated carbocycles. The van der Waals surface area contributed by atoms with Gasteiger partial charge in [-0.1, -0.05) is 155 Å². The average Bonchev–Trinajstić information content (AvgIpc) is 3.26. The summed E-state index contributed by atoms with van der Waals surface area (Å²) >= 11 is 0. The summed E-state index contributed by atoms with van der Waals surface area (Å²) in [7, 11) is 0. The Morgan fingerprint density at radius 1 is 0.450 bits per heavy atom. The van der Waals surface area contributed by atoms with Crippen molar-refractivity contribution in [2.24, 2.45) is 23.3 Å². The van der Waals surface area contributed by atoms with E-state index in [1.165, 1.54) is 154 Å². The quantitative estimate of drug-likeness (QED) is 0.0265. The molecule has 0 aliphatic carbocycles. The molecule has 1 aliphatic heterocycles. The zero-order valence-electron chi connectivity index (χ0n) is 40.6. The summed E-state index contributed by atoms with van der Waals surface area (Å²) in [5.74, 6) is 1.05. The van der Waals surface area contributed by atoms with Gasteiger partial charge in [-0.2, -0.15) is 0 Å². The number of nitrogens with zero attached hydrogens (tertiary/aromatic N) is 2. The second kappa shape index (κ2) is 42.1. The Bertz CT molecular complexity index is 869. The summed E-state index contributed by atoms with van der Waals surface area (Å²) in [5.41, 5.74) is 11.7. The zero-order chi connectivity index (χ0) is 43.7. The normalized spacial score (nSPS) is 17.5. The Balaban J connectivity index is 2.38. The molecule has 1 saturated heterocycles. The van der Waals surface area contributed by atoms with Crippen LogP contribution in [0.25, 0.3) is 0 Å². The molecule has 1 fully saturated rings. The summed E-state index contributed by atoms with van der Waals surface area (Å²) in [6.45, 7) is 16.3. The Morgan fingerprint density at radius 2 is 0.767 bits per heavy atom. The highest BCUT2D eigenvalue weighted by Gasteiger charge is 2.26. The molecule has 0 spiro atoms. The Kier molecular flexibility index (Phi) is 40.1. The molecular weight excluding hydrogens is 741 g/mol. The van der Waals surface area contributed by atoms with E-state index in [4.69, 9.17) is 11.5 Å². The van der Waals surface area contributed by atoms with E-state index in [1.807, 2.05) is 0 Å². The molecule has 8 nitrogen and oxygen atoms in total. The number of piperazine rings is 1. The maximum atomic E-state index is 10.4. The van der Waals surface area contributed by atoms with Crippen molar-refractivity contribution in [3.8, 4) is 0 Å². The molecule has 0 aromatic carbocycles. The molecule has 0 amide bonds. The minimum atomic E-state index is -0.388. The van der Waals surface area contributed by atoms with Crippen LogP contribution in [0.1, 0.15) is 220 Å². The molecule has 0 radical (unpaired) electrons. The molecule has 0 aromatic heterocycles. The summed E-state index contributed by atoms with van der Waals surface area (Å²) < 4.78 is 0. The lowest BCUT2D eigenvalue weighted by Crippen LogP contribution is -2.58. The molecule has 8 N–H and O–H groups in total. The standard InChI is InChI=1S/C52H106N6O2/c1-5-9-11-13-15-17-19-21-23-25-27-29-31-33-47(43-49(59)45-53)35-37-55-51(7-3)57-39-41-58(42-40-57)52(8-4)56-38-36-48(44-50(60)46-54)34-32-30-28-26-24-22-20-18-16-14-12-10-6-2/h21-24,47-52,55-56,59-60H,5-20,25-46,53-54H2,1-4H3/b23-21-,24-22-. The van der Waals surface area contributed by atoms with Gasteiger partial charge in [-0.25, -0.2) is 0 Å². The molecule has 6 atom stereocenters. The summed E-state index contributed by atoms with van der Waals surface area (Å²) in [6.07, 6.45) is 47.0. The van der Waals surface area contributed by atoms with E-state index in [1.54, 1.807) is 0 Å². The number of unbranched alkanes of at least 4 members (excludes halogenated alkanes) is 18. The van der Waals surface area contributed by atoms with Crippen LogP contribution in [0.15, 0.2) is 24.3 Å². The fraction of sp³-hybridized carbons (Fsp3) is 0.923. The molecule has 356 valence electrons. The first-order chi connectivity index (χ1) is 29.4. The smallest absolute Gasteiger partial charge is 0.0665 e. The van der Waals surface area contributed by atoms with E-state index < -0.39 is 0 Å². The third-order valence-corrected chi connectivity index (χ3v) is 13.4. The molecule has 1 aliphatic rings. The molecule has 0 bridgehead atoms. The molecule has 6 unspecified atom stereocenters. The van der Waals surface area contributed by atoms with E-state index >= 15 is 0 Å². The van der Waals surface area contributed by atoms with Crippen molar-refractivity contribution in [3.63, 3.8) is 0 Å². The van der Waals surface area contributed by atoms with Crippen LogP contribution in [-0.4, -0.2) is 96.9 Å². The van der Waals surface area contributed by atoms with Gasteiger partial charge in [0.1, 0.15) is 0 Å². The van der Waals surface area contributed by atoms with Crippen LogP contribution < -0.4 is 22.1 Å². The van der Waals surface area contributed by atoms with E-state index in [0.29, 0.717) is 37.3 Å². The van der Waals surface area contributed by atoms with Gasteiger partial charge in [-0.05, 0) is 115 Å². The van der Waals surface area contributed by atoms with Gasteiger partial charge in [0.2, 0.25) is 0 Å². The number of nitrogens with one attached hydrogen (secondary N) is 2. The van der Waals surface area contributed by atoms with Crippen LogP contribution in [0.4, 0.5) is 0 Å². The lowest BCUT2D eigenvalue weighted by atomic mass is 9.91. The van der Waals surface area contributed by atoms with E-state index in [-0.39, 0.29) is 12.2 Å². The third kappa shape index (κ3) is 31.9. The number of rotatable bonds is 44. The minimum absolute atomic E-state index is 0.360. The van der Waals surface area contributed by atoms with Crippen molar-refractivity contribution in [3.05, 3.63) is 24.3 Å². The number of hydrogen-bond donors (Lipinski definition) is 6. The molecule has 8 heteroatoms. The van der Waals surface area contributed by atoms with Gasteiger partial charge in [0, 0.05) is 39.3 Å². The predicted octanol–water partition coefficient (Wildman–Crippen LogP) is 11.2. The van der Waals surface area contributed by atoms with Crippen LogP contribution in [0, 0.1) is 11.8 Å². The minimum Gasteiger partial charge on any atom is -0.392 e. The summed E-state index contributed by atoms with van der Waals surface area (Å²) in [5, 5.41) is 28.7. The average molecular weight is 847 g/mol. The van der Waals surface area contributed by atoms with Crippen molar-refractivity contribution < 1.29 is 10.2 Å². The second-order valence-electron chi connectivity index (χ2n) is 18.7. The predicted molar refractivity (Wildman–Crippen MR) is 263 cm³/mol. The third-order valence-electron chi connectivity index (χ3n) is 13.4. The van der Waals surface area contributed by atoms with Crippen LogP contribution in [0.3, 0.4) is 0 Å². The van der Waals surface area contributed by atoms with E-state index in [2.05, 4.69) is 72.4 Å². The Morgan fingerprint density at radius 3 is 1.08 bits per heavy atom. The fourth-order valence-electron chi connectivity index (χ4n) is 9.35. The lowest BCUT2D eigenvalue weighted by molar-refractivity contribution is 0.0441. The lowest BCUT2D eigenvalue weighted by Gasteiger charge is -2.42. The maximum absolute atomic E-state index is 10.4. The SMILES string of the molecule is CCCCCCCC/C=C\CCCCCC(CCNC(CC)N1CCN(C(CC)NCCC(CCCCC/C=C\CCCCCCCC)CC(O)CN)CC1)CC(O)CN. The largest absolute Gasteiger partial charge is 0.392 e. The van der Waals surface area contributed by atoms with Crippen molar-refractivity contribution in [1.29, 1.82) is 0 Å². The number of aliphatic hydroxyl groups excluding tert-OH is 2. The molecule has 60 heavy (non-hydrogen) atoms. The molecule has 1 heterocycles. The van der Waals surface area contributed by atoms with Gasteiger partial charge in [0.15, 0.2) is 0 Å². The van der Waals surface area contributed by atoms with Crippen molar-refractivity contribution in [2.75, 3.05) is 52.4 Å². The van der Waals surface area contributed by atoms with Gasteiger partial charge < -0.3 is 32.3 Å². The van der Waals surface area contributed by atoms with E-state index in [0.717, 1.165) is 77.8 Å². The Hall–Kier alpha value is -0.840. The van der Waals surface area contributed by atoms with Crippen molar-refractivity contribution in [1.82, 2.24) is 20.4 Å². The number of allylic oxidation sites excluding steroid dienone is 4. The second-order valence-corrected chi connectivity index (χ2v) is 18.7. The first kappa shape index (κ1) is 57.2. The first-order valence-electron chi connectivity index (χ1n) is 26.4. The van der Waals surface area contributed by atoms with Crippen LogP contribution >= 0.6 is 0 Å². The van der Waals surface area contributed by atoms with Crippen molar-refractivity contribution >= 4 is 0 Å². The molecule has 0 aromatic rings. The molecule has 1 rings (SSSR count). The van der Waals surface area contributed by atoms with Gasteiger partial charge in [0.25, 0.3) is 0 Å². The molecular formula is C52H106N6O2. The number of aliphatic hydroxyl groups is 2. The van der Waals surface area contributed by atoms with Crippen LogP contribution in [0.2, 0.25) is 0 Å². The topological polar surface area (TPSA) is 123 Å². The first-order valence-corrected chi connectivity index (χ1v) is 26.4. The fourth-order valence-corrected chi connectivity index (χ4v) is 9.35. The Labute approximate surface area is 374 Å². The zero-order valence-corrected chi connectivity index (χ0v) is 40.6. The number of hydrogen-bond acceptors (Lipinski definition) is 8. The van der Waals surface area contributed by atoms with Crippen LogP contribution in [0.5, 0.6) is 0 Å². The van der Waals surface area contributed by atoms with Crippen molar-refractivity contribution in [2.45, 2.75) is 245 Å². The summed E-state index contributed by atoms with van der Waals surface area (Å²) in [6, 6.07) is 0. The van der Waals surface area contributed by atoms with E-state index in [9.17, 15) is 10.2 Å². The highest BCUT2D eigenvalue weighted by atomic mass is 16.3. The summed E-state index contributed by atoms with van der Waals surface area (Å²) in [4.78, 5) is 5.31. The van der Waals surface area contributed by atoms with Gasteiger partial charge in [-0.3, -0.25) is 9.80 Å². The van der Waals surface area contributed by atoms with Gasteiger partial charge >= 0.3 is 0 Å². The maximum Gasteiger partial charge on any atom is 0.0665 e. The van der Waals surface area contributed by atoms with Crippen LogP contribution in [-0.2, 0) is 0 Å². The van der Waals surface area contributed by atoms with Gasteiger partial charge in [-0.15, -0.1) is 0 Å².